The molecule has 21 heavy (non-hydrogen) atoms. The summed E-state index contributed by atoms with van der Waals surface area (Å²) in [5.41, 5.74) is 4.89. The fourth-order valence-corrected chi connectivity index (χ4v) is 2.35. The molecule has 1 amide bonds. The first-order valence-electron chi connectivity index (χ1n) is 6.71. The van der Waals surface area contributed by atoms with E-state index in [9.17, 15) is 9.90 Å². The van der Waals surface area contributed by atoms with Gasteiger partial charge in [-0.2, -0.15) is 0 Å². The molecule has 0 aliphatic heterocycles. The minimum absolute atomic E-state index is 0.0620. The maximum atomic E-state index is 12.4. The van der Waals surface area contributed by atoms with Crippen molar-refractivity contribution in [3.63, 3.8) is 0 Å². The lowest BCUT2D eigenvalue weighted by molar-refractivity contribution is 0.102. The molecule has 0 bridgehead atoms. The van der Waals surface area contributed by atoms with Crippen LogP contribution in [0.5, 0.6) is 0 Å². The summed E-state index contributed by atoms with van der Waals surface area (Å²) in [5, 5.41) is 12.5. The topological polar surface area (TPSA) is 49.3 Å². The molecule has 2 aromatic rings. The summed E-state index contributed by atoms with van der Waals surface area (Å²) in [5.74, 6) is -0.249. The van der Waals surface area contributed by atoms with Gasteiger partial charge in [0.1, 0.15) is 0 Å². The number of aryl methyl sites for hydroxylation is 3. The number of rotatable bonds is 3. The van der Waals surface area contributed by atoms with Crippen LogP contribution in [0.25, 0.3) is 0 Å². The number of aliphatic hydroxyl groups is 1. The average Bonchev–Trinajstić information content (AvgIpc) is 2.45. The maximum Gasteiger partial charge on any atom is 0.257 e. The van der Waals surface area contributed by atoms with Gasteiger partial charge in [0, 0.05) is 5.69 Å². The van der Waals surface area contributed by atoms with E-state index in [-0.39, 0.29) is 12.5 Å². The van der Waals surface area contributed by atoms with Crippen LogP contribution in [-0.2, 0) is 6.61 Å². The number of aliphatic hydroxyl groups excluding tert-OH is 1. The Morgan fingerprint density at radius 1 is 1.10 bits per heavy atom. The molecule has 0 saturated carbocycles. The van der Waals surface area contributed by atoms with Crippen LogP contribution in [0.4, 0.5) is 5.69 Å². The molecule has 0 heterocycles. The monoisotopic (exact) mass is 303 g/mol. The van der Waals surface area contributed by atoms with Gasteiger partial charge >= 0.3 is 0 Å². The van der Waals surface area contributed by atoms with E-state index in [4.69, 9.17) is 11.6 Å². The number of nitrogens with one attached hydrogen (secondary N) is 1. The predicted molar refractivity (Wildman–Crippen MR) is 86.0 cm³/mol. The molecular weight excluding hydrogens is 286 g/mol. The van der Waals surface area contributed by atoms with Crippen LogP contribution in [0, 0.1) is 20.8 Å². The van der Waals surface area contributed by atoms with Gasteiger partial charge < -0.3 is 10.4 Å². The van der Waals surface area contributed by atoms with Gasteiger partial charge in [-0.25, -0.2) is 0 Å². The molecule has 2 rings (SSSR count). The van der Waals surface area contributed by atoms with Gasteiger partial charge in [0.15, 0.2) is 0 Å². The molecule has 0 saturated heterocycles. The van der Waals surface area contributed by atoms with Gasteiger partial charge in [-0.15, -0.1) is 0 Å². The number of hydrogen-bond donors (Lipinski definition) is 2. The SMILES string of the molecule is Cc1cc(Cl)c(C(=O)Nc2cc(CO)ccc2C)cc1C. The zero-order chi connectivity index (χ0) is 15.6. The molecule has 0 fully saturated rings. The maximum absolute atomic E-state index is 12.4. The van der Waals surface area contributed by atoms with Crippen molar-refractivity contribution in [2.24, 2.45) is 0 Å². The largest absolute Gasteiger partial charge is 0.392 e. The van der Waals surface area contributed by atoms with Crippen molar-refractivity contribution in [1.29, 1.82) is 0 Å². The summed E-state index contributed by atoms with van der Waals surface area (Å²) in [6.45, 7) is 5.74. The van der Waals surface area contributed by atoms with Crippen LogP contribution in [0.1, 0.15) is 32.6 Å². The molecule has 0 radical (unpaired) electrons. The van der Waals surface area contributed by atoms with E-state index in [1.54, 1.807) is 18.2 Å². The van der Waals surface area contributed by atoms with Gasteiger partial charge in [-0.1, -0.05) is 23.7 Å². The van der Waals surface area contributed by atoms with Crippen LogP contribution < -0.4 is 5.32 Å². The van der Waals surface area contributed by atoms with E-state index in [0.29, 0.717) is 16.3 Å². The first-order chi connectivity index (χ1) is 9.92. The van der Waals surface area contributed by atoms with Crippen molar-refractivity contribution in [2.75, 3.05) is 5.32 Å². The Morgan fingerprint density at radius 2 is 1.76 bits per heavy atom. The zero-order valence-corrected chi connectivity index (χ0v) is 13.1. The van der Waals surface area contributed by atoms with Crippen LogP contribution in [0.15, 0.2) is 30.3 Å². The Bertz CT molecular complexity index is 695. The molecule has 110 valence electrons. The first-order valence-corrected chi connectivity index (χ1v) is 7.08. The third kappa shape index (κ3) is 3.43. The van der Waals surface area contributed by atoms with E-state index in [1.165, 1.54) is 0 Å². The number of carbonyl (C=O) groups is 1. The quantitative estimate of drug-likeness (QED) is 0.900. The van der Waals surface area contributed by atoms with E-state index >= 15 is 0 Å². The standard InChI is InChI=1S/C17H18ClNO2/c1-10-4-5-13(9-20)8-16(10)19-17(21)14-6-11(2)12(3)7-15(14)18/h4-8,20H,9H2,1-3H3,(H,19,21). The van der Waals surface area contributed by atoms with E-state index in [2.05, 4.69) is 5.32 Å². The lowest BCUT2D eigenvalue weighted by Gasteiger charge is -2.12. The summed E-state index contributed by atoms with van der Waals surface area (Å²) in [6.07, 6.45) is 0. The lowest BCUT2D eigenvalue weighted by atomic mass is 10.1. The Hall–Kier alpha value is -1.84. The first kappa shape index (κ1) is 15.5. The molecule has 2 N–H and O–H groups in total. The fraction of sp³-hybridized carbons (Fsp3) is 0.235. The van der Waals surface area contributed by atoms with Gasteiger partial charge in [0.25, 0.3) is 5.91 Å². The van der Waals surface area contributed by atoms with Gasteiger partial charge in [-0.3, -0.25) is 4.79 Å². The van der Waals surface area contributed by atoms with E-state index < -0.39 is 0 Å². The average molecular weight is 304 g/mol. The number of benzene rings is 2. The number of carbonyl (C=O) groups excluding carboxylic acids is 1. The highest BCUT2D eigenvalue weighted by Crippen LogP contribution is 2.23. The Labute approximate surface area is 129 Å². The van der Waals surface area contributed by atoms with Crippen molar-refractivity contribution in [3.05, 3.63) is 63.2 Å². The van der Waals surface area contributed by atoms with Crippen molar-refractivity contribution in [1.82, 2.24) is 0 Å². The van der Waals surface area contributed by atoms with E-state index in [1.807, 2.05) is 32.9 Å². The molecule has 0 aliphatic rings. The summed E-state index contributed by atoms with van der Waals surface area (Å²) >= 11 is 6.16. The molecule has 4 heteroatoms. The summed E-state index contributed by atoms with van der Waals surface area (Å²) < 4.78 is 0. The number of anilines is 1. The summed E-state index contributed by atoms with van der Waals surface area (Å²) in [7, 11) is 0. The molecule has 0 atom stereocenters. The molecule has 2 aromatic carbocycles. The highest BCUT2D eigenvalue weighted by atomic mass is 35.5. The normalized spacial score (nSPS) is 10.5. The summed E-state index contributed by atoms with van der Waals surface area (Å²) in [6, 6.07) is 9.04. The summed E-state index contributed by atoms with van der Waals surface area (Å²) in [4.78, 5) is 12.4. The minimum atomic E-state index is -0.249. The number of amides is 1. The van der Waals surface area contributed by atoms with Crippen LogP contribution >= 0.6 is 11.6 Å². The smallest absolute Gasteiger partial charge is 0.257 e. The Kier molecular flexibility index (Phi) is 4.66. The second-order valence-electron chi connectivity index (χ2n) is 5.18. The molecule has 0 aliphatic carbocycles. The zero-order valence-electron chi connectivity index (χ0n) is 12.3. The highest BCUT2D eigenvalue weighted by molar-refractivity contribution is 6.34. The second kappa shape index (κ2) is 6.29. The number of hydrogen-bond acceptors (Lipinski definition) is 2. The minimum Gasteiger partial charge on any atom is -0.392 e. The molecule has 0 spiro atoms. The highest BCUT2D eigenvalue weighted by Gasteiger charge is 2.13. The van der Waals surface area contributed by atoms with E-state index in [0.717, 1.165) is 22.3 Å². The number of halogens is 1. The molecule has 0 aromatic heterocycles. The van der Waals surface area contributed by atoms with Gasteiger partial charge in [0.05, 0.1) is 17.2 Å². The van der Waals surface area contributed by atoms with Crippen molar-refractivity contribution < 1.29 is 9.90 Å². The predicted octanol–water partition coefficient (Wildman–Crippen LogP) is 4.01. The van der Waals surface area contributed by atoms with Crippen molar-refractivity contribution in [2.45, 2.75) is 27.4 Å². The molecule has 3 nitrogen and oxygen atoms in total. The second-order valence-corrected chi connectivity index (χ2v) is 5.59. The third-order valence-electron chi connectivity index (χ3n) is 3.56. The lowest BCUT2D eigenvalue weighted by Crippen LogP contribution is -2.14. The molecular formula is C17H18ClNO2. The third-order valence-corrected chi connectivity index (χ3v) is 3.87. The van der Waals surface area contributed by atoms with Crippen LogP contribution in [0.3, 0.4) is 0 Å². The Balaban J connectivity index is 2.32. The van der Waals surface area contributed by atoms with Crippen LogP contribution in [0.2, 0.25) is 5.02 Å². The molecule has 0 unspecified atom stereocenters. The van der Waals surface area contributed by atoms with Crippen molar-refractivity contribution >= 4 is 23.2 Å². The van der Waals surface area contributed by atoms with Gasteiger partial charge in [-0.05, 0) is 61.2 Å². The van der Waals surface area contributed by atoms with Gasteiger partial charge in [0.2, 0.25) is 0 Å². The fourth-order valence-electron chi connectivity index (χ4n) is 2.05. The van der Waals surface area contributed by atoms with Crippen LogP contribution in [-0.4, -0.2) is 11.0 Å². The Morgan fingerprint density at radius 3 is 2.43 bits per heavy atom. The van der Waals surface area contributed by atoms with Crippen molar-refractivity contribution in [3.8, 4) is 0 Å².